The Labute approximate surface area is 98.3 Å². The quantitative estimate of drug-likeness (QED) is 0.582. The molecule has 0 aliphatic carbocycles. The molecule has 2 aliphatic rings. The van der Waals surface area contributed by atoms with Gasteiger partial charge in [-0.05, 0) is 25.3 Å². The summed E-state index contributed by atoms with van der Waals surface area (Å²) >= 11 is 3.39. The van der Waals surface area contributed by atoms with Crippen LogP contribution in [0.4, 0.5) is 0 Å². The van der Waals surface area contributed by atoms with Crippen molar-refractivity contribution >= 4 is 21.8 Å². The van der Waals surface area contributed by atoms with E-state index in [1.807, 2.05) is 17.1 Å². The van der Waals surface area contributed by atoms with Crippen LogP contribution in [0.25, 0.3) is 0 Å². The number of halogens is 1. The van der Waals surface area contributed by atoms with Gasteiger partial charge in [0, 0.05) is 19.3 Å². The fourth-order valence-electron chi connectivity index (χ4n) is 1.87. The smallest absolute Gasteiger partial charge is 0.255 e. The molecule has 0 aromatic carbocycles. The Morgan fingerprint density at radius 2 is 2.13 bits per heavy atom. The van der Waals surface area contributed by atoms with Crippen LogP contribution < -0.4 is 5.32 Å². The van der Waals surface area contributed by atoms with E-state index in [2.05, 4.69) is 21.2 Å². The van der Waals surface area contributed by atoms with Gasteiger partial charge in [-0.25, -0.2) is 0 Å². The standard InChI is InChI=1S/C11H15BrN2O/c12-10-5-4-9(8-13-10)11(15)14-6-2-1-3-7-14/h4-5,8,10,13H,1-3,6-7H2. The second kappa shape index (κ2) is 4.84. The highest BCUT2D eigenvalue weighted by atomic mass is 79.9. The Bertz CT molecular complexity index is 306. The predicted octanol–water partition coefficient (Wildman–Crippen LogP) is 1.76. The molecule has 0 spiro atoms. The van der Waals surface area contributed by atoms with Gasteiger partial charge in [0.05, 0.1) is 5.57 Å². The van der Waals surface area contributed by atoms with E-state index in [9.17, 15) is 4.79 Å². The van der Waals surface area contributed by atoms with Gasteiger partial charge in [0.15, 0.2) is 0 Å². The molecule has 0 aromatic heterocycles. The molecule has 1 saturated heterocycles. The van der Waals surface area contributed by atoms with Crippen molar-refractivity contribution in [1.29, 1.82) is 0 Å². The van der Waals surface area contributed by atoms with Gasteiger partial charge in [-0.1, -0.05) is 22.0 Å². The lowest BCUT2D eigenvalue weighted by atomic mass is 10.1. The highest BCUT2D eigenvalue weighted by Gasteiger charge is 2.20. The molecular weight excluding hydrogens is 256 g/mol. The first-order valence-electron chi connectivity index (χ1n) is 5.35. The highest BCUT2D eigenvalue weighted by Crippen LogP contribution is 2.15. The number of rotatable bonds is 1. The lowest BCUT2D eigenvalue weighted by molar-refractivity contribution is -0.127. The van der Waals surface area contributed by atoms with E-state index in [4.69, 9.17) is 0 Å². The molecule has 3 nitrogen and oxygen atoms in total. The number of carbonyl (C=O) groups is 1. The number of hydrogen-bond donors (Lipinski definition) is 1. The van der Waals surface area contributed by atoms with Crippen molar-refractivity contribution in [3.05, 3.63) is 23.9 Å². The summed E-state index contributed by atoms with van der Waals surface area (Å²) in [6.07, 6.45) is 9.13. The average molecular weight is 271 g/mol. The minimum atomic E-state index is 0.149. The molecule has 1 fully saturated rings. The predicted molar refractivity (Wildman–Crippen MR) is 63.5 cm³/mol. The van der Waals surface area contributed by atoms with E-state index in [1.165, 1.54) is 6.42 Å². The van der Waals surface area contributed by atoms with Crippen LogP contribution in [-0.4, -0.2) is 28.8 Å². The number of nitrogens with zero attached hydrogens (tertiary/aromatic N) is 1. The molecule has 2 rings (SSSR count). The van der Waals surface area contributed by atoms with E-state index in [1.54, 1.807) is 6.20 Å². The van der Waals surface area contributed by atoms with Crippen LogP contribution in [-0.2, 0) is 4.79 Å². The summed E-state index contributed by atoms with van der Waals surface area (Å²) in [5.74, 6) is 0.151. The van der Waals surface area contributed by atoms with Crippen LogP contribution in [0, 0.1) is 0 Å². The maximum absolute atomic E-state index is 12.0. The largest absolute Gasteiger partial charge is 0.375 e. The molecule has 0 radical (unpaired) electrons. The number of carbonyl (C=O) groups excluding carboxylic acids is 1. The molecule has 1 amide bonds. The molecule has 1 unspecified atom stereocenters. The Balaban J connectivity index is 1.98. The second-order valence-electron chi connectivity index (χ2n) is 3.88. The molecule has 2 aliphatic heterocycles. The van der Waals surface area contributed by atoms with E-state index >= 15 is 0 Å². The summed E-state index contributed by atoms with van der Waals surface area (Å²) in [6, 6.07) is 0. The lowest BCUT2D eigenvalue weighted by Crippen LogP contribution is -2.37. The Kier molecular flexibility index (Phi) is 3.46. The minimum absolute atomic E-state index is 0.149. The highest BCUT2D eigenvalue weighted by molar-refractivity contribution is 9.09. The van der Waals surface area contributed by atoms with Crippen LogP contribution in [0.5, 0.6) is 0 Å². The van der Waals surface area contributed by atoms with Gasteiger partial charge in [0.25, 0.3) is 5.91 Å². The summed E-state index contributed by atoms with van der Waals surface area (Å²) < 4.78 is 0. The molecule has 1 N–H and O–H groups in total. The van der Waals surface area contributed by atoms with Crippen LogP contribution >= 0.6 is 15.9 Å². The molecule has 15 heavy (non-hydrogen) atoms. The molecule has 4 heteroatoms. The fraction of sp³-hybridized carbons (Fsp3) is 0.545. The fourth-order valence-corrected chi connectivity index (χ4v) is 2.16. The molecule has 0 bridgehead atoms. The molecule has 0 aromatic rings. The lowest BCUT2D eigenvalue weighted by Gasteiger charge is -2.27. The maximum Gasteiger partial charge on any atom is 0.255 e. The summed E-state index contributed by atoms with van der Waals surface area (Å²) in [4.78, 5) is 14.1. The first kappa shape index (κ1) is 10.7. The average Bonchev–Trinajstić information content (AvgIpc) is 2.30. The van der Waals surface area contributed by atoms with Gasteiger partial charge in [0.2, 0.25) is 0 Å². The van der Waals surface area contributed by atoms with Crippen molar-refractivity contribution in [1.82, 2.24) is 10.2 Å². The first-order valence-corrected chi connectivity index (χ1v) is 6.27. The molecule has 2 heterocycles. The zero-order valence-electron chi connectivity index (χ0n) is 8.58. The van der Waals surface area contributed by atoms with Crippen molar-refractivity contribution in [2.24, 2.45) is 0 Å². The minimum Gasteiger partial charge on any atom is -0.375 e. The van der Waals surface area contributed by atoms with Crippen molar-refractivity contribution in [3.8, 4) is 0 Å². The number of dihydropyridines is 1. The Hall–Kier alpha value is -0.770. The molecular formula is C11H15BrN2O. The van der Waals surface area contributed by atoms with Crippen LogP contribution in [0.15, 0.2) is 23.9 Å². The topological polar surface area (TPSA) is 32.3 Å². The molecule has 1 atom stereocenters. The van der Waals surface area contributed by atoms with Crippen LogP contribution in [0.1, 0.15) is 19.3 Å². The van der Waals surface area contributed by atoms with Gasteiger partial charge in [-0.2, -0.15) is 0 Å². The Morgan fingerprint density at radius 1 is 1.40 bits per heavy atom. The van der Waals surface area contributed by atoms with Crippen molar-refractivity contribution in [2.75, 3.05) is 13.1 Å². The molecule has 0 saturated carbocycles. The summed E-state index contributed by atoms with van der Waals surface area (Å²) in [5.41, 5.74) is 0.757. The summed E-state index contributed by atoms with van der Waals surface area (Å²) in [5, 5.41) is 3.07. The number of nitrogens with one attached hydrogen (secondary N) is 1. The van der Waals surface area contributed by atoms with E-state index < -0.39 is 0 Å². The van der Waals surface area contributed by atoms with Gasteiger partial charge in [-0.3, -0.25) is 4.79 Å². The summed E-state index contributed by atoms with van der Waals surface area (Å²) in [7, 11) is 0. The van der Waals surface area contributed by atoms with Crippen molar-refractivity contribution in [2.45, 2.75) is 24.2 Å². The number of likely N-dealkylation sites (tertiary alicyclic amines) is 1. The number of amides is 1. The SMILES string of the molecule is O=C(C1=CNC(Br)C=C1)N1CCCCC1. The first-order chi connectivity index (χ1) is 7.27. The van der Waals surface area contributed by atoms with E-state index in [0.29, 0.717) is 0 Å². The monoisotopic (exact) mass is 270 g/mol. The van der Waals surface area contributed by atoms with E-state index in [0.717, 1.165) is 31.5 Å². The third kappa shape index (κ3) is 2.62. The number of piperidine rings is 1. The van der Waals surface area contributed by atoms with Gasteiger partial charge < -0.3 is 10.2 Å². The third-order valence-electron chi connectivity index (χ3n) is 2.73. The third-order valence-corrected chi connectivity index (χ3v) is 3.30. The van der Waals surface area contributed by atoms with Gasteiger partial charge in [-0.15, -0.1) is 0 Å². The zero-order valence-corrected chi connectivity index (χ0v) is 10.2. The van der Waals surface area contributed by atoms with Gasteiger partial charge in [0.1, 0.15) is 4.95 Å². The van der Waals surface area contributed by atoms with Crippen LogP contribution in [0.2, 0.25) is 0 Å². The zero-order chi connectivity index (χ0) is 10.7. The van der Waals surface area contributed by atoms with Gasteiger partial charge >= 0.3 is 0 Å². The van der Waals surface area contributed by atoms with E-state index in [-0.39, 0.29) is 10.9 Å². The normalized spacial score (nSPS) is 25.8. The van der Waals surface area contributed by atoms with Crippen molar-refractivity contribution in [3.63, 3.8) is 0 Å². The second-order valence-corrected chi connectivity index (χ2v) is 4.87. The number of alkyl halides is 1. The van der Waals surface area contributed by atoms with Crippen molar-refractivity contribution < 1.29 is 4.79 Å². The molecule has 82 valence electrons. The number of hydrogen-bond acceptors (Lipinski definition) is 2. The Morgan fingerprint density at radius 3 is 2.73 bits per heavy atom. The summed E-state index contributed by atoms with van der Waals surface area (Å²) in [6.45, 7) is 1.81. The van der Waals surface area contributed by atoms with Crippen LogP contribution in [0.3, 0.4) is 0 Å². The maximum atomic E-state index is 12.0.